The van der Waals surface area contributed by atoms with E-state index in [1.165, 1.54) is 7.11 Å². The molecule has 0 bridgehead atoms. The van der Waals surface area contributed by atoms with Crippen molar-refractivity contribution >= 4 is 17.5 Å². The lowest BCUT2D eigenvalue weighted by Crippen LogP contribution is -2.34. The van der Waals surface area contributed by atoms with E-state index in [1.807, 2.05) is 0 Å². The van der Waals surface area contributed by atoms with E-state index in [0.717, 1.165) is 18.8 Å². The monoisotopic (exact) mass is 228 g/mol. The van der Waals surface area contributed by atoms with Crippen molar-refractivity contribution in [3.8, 4) is 6.01 Å². The minimum Gasteiger partial charge on any atom is -0.467 e. The Morgan fingerprint density at radius 2 is 2.07 bits per heavy atom. The number of anilines is 1. The highest BCUT2D eigenvalue weighted by Crippen LogP contribution is 2.28. The van der Waals surface area contributed by atoms with Gasteiger partial charge in [0.1, 0.15) is 0 Å². The molecule has 1 heterocycles. The zero-order valence-electron chi connectivity index (χ0n) is 8.70. The Labute approximate surface area is 93.2 Å². The molecule has 0 aromatic carbocycles. The molecule has 15 heavy (non-hydrogen) atoms. The van der Waals surface area contributed by atoms with Gasteiger partial charge in [-0.3, -0.25) is 0 Å². The van der Waals surface area contributed by atoms with Crippen LogP contribution in [-0.2, 0) is 0 Å². The molecule has 1 aromatic heterocycles. The first-order valence-corrected chi connectivity index (χ1v) is 5.27. The molecule has 0 radical (unpaired) electrons. The molecule has 1 aliphatic rings. The normalized spacial score (nSPS) is 24.5. The first-order chi connectivity index (χ1) is 7.17. The molecule has 0 saturated heterocycles. The summed E-state index contributed by atoms with van der Waals surface area (Å²) in [6, 6.07) is 0.688. The molecule has 1 aromatic rings. The highest BCUT2D eigenvalue weighted by molar-refractivity contribution is 6.28. The highest BCUT2D eigenvalue weighted by atomic mass is 35.5. The van der Waals surface area contributed by atoms with E-state index in [9.17, 15) is 0 Å². The van der Waals surface area contributed by atoms with E-state index < -0.39 is 0 Å². The number of rotatable bonds is 3. The summed E-state index contributed by atoms with van der Waals surface area (Å²) in [7, 11) is 1.50. The van der Waals surface area contributed by atoms with Crippen LogP contribution in [0.3, 0.4) is 0 Å². The largest absolute Gasteiger partial charge is 0.467 e. The third-order valence-corrected chi connectivity index (χ3v) is 2.65. The van der Waals surface area contributed by atoms with Crippen LogP contribution in [-0.4, -0.2) is 28.1 Å². The molecule has 2 rings (SSSR count). The Morgan fingerprint density at radius 3 is 2.67 bits per heavy atom. The molecular weight excluding hydrogens is 216 g/mol. The zero-order chi connectivity index (χ0) is 10.8. The summed E-state index contributed by atoms with van der Waals surface area (Å²) in [6.07, 6.45) is 2.29. The lowest BCUT2D eigenvalue weighted by Gasteiger charge is -2.33. The second-order valence-electron chi connectivity index (χ2n) is 3.83. The molecular formula is C9H13ClN4O. The minimum absolute atomic E-state index is 0.150. The predicted molar refractivity (Wildman–Crippen MR) is 57.2 cm³/mol. The summed E-state index contributed by atoms with van der Waals surface area (Å²) in [4.78, 5) is 11.8. The second kappa shape index (κ2) is 4.18. The van der Waals surface area contributed by atoms with Crippen molar-refractivity contribution in [1.82, 2.24) is 15.0 Å². The van der Waals surface area contributed by atoms with Gasteiger partial charge in [0, 0.05) is 6.04 Å². The third kappa shape index (κ3) is 2.47. The Balaban J connectivity index is 2.04. The minimum atomic E-state index is 0.150. The molecule has 5 nitrogen and oxygen atoms in total. The van der Waals surface area contributed by atoms with Gasteiger partial charge in [-0.15, -0.1) is 0 Å². The van der Waals surface area contributed by atoms with E-state index in [-0.39, 0.29) is 11.3 Å². The topological polar surface area (TPSA) is 59.9 Å². The van der Waals surface area contributed by atoms with Crippen molar-refractivity contribution in [2.75, 3.05) is 12.4 Å². The van der Waals surface area contributed by atoms with Gasteiger partial charge in [-0.2, -0.15) is 15.0 Å². The van der Waals surface area contributed by atoms with Crippen molar-refractivity contribution in [2.24, 2.45) is 5.92 Å². The fourth-order valence-electron chi connectivity index (χ4n) is 1.69. The summed E-state index contributed by atoms with van der Waals surface area (Å²) in [5.74, 6) is 1.27. The van der Waals surface area contributed by atoms with Gasteiger partial charge < -0.3 is 10.1 Å². The van der Waals surface area contributed by atoms with Crippen LogP contribution in [0.25, 0.3) is 0 Å². The Kier molecular flexibility index (Phi) is 2.90. The molecule has 0 atom stereocenters. The quantitative estimate of drug-likeness (QED) is 0.854. The van der Waals surface area contributed by atoms with Crippen LogP contribution >= 0.6 is 11.6 Å². The fourth-order valence-corrected chi connectivity index (χ4v) is 1.84. The maximum absolute atomic E-state index is 5.72. The van der Waals surface area contributed by atoms with Gasteiger partial charge in [-0.1, -0.05) is 6.92 Å². The number of methoxy groups -OCH3 is 1. The molecule has 6 heteroatoms. The summed E-state index contributed by atoms with van der Waals surface area (Å²) in [6.45, 7) is 2.22. The summed E-state index contributed by atoms with van der Waals surface area (Å²) in [5, 5.41) is 3.35. The van der Waals surface area contributed by atoms with E-state index in [1.54, 1.807) is 0 Å². The van der Waals surface area contributed by atoms with Crippen molar-refractivity contribution < 1.29 is 4.74 Å². The molecule has 1 fully saturated rings. The van der Waals surface area contributed by atoms with Gasteiger partial charge in [-0.25, -0.2) is 0 Å². The van der Waals surface area contributed by atoms with Crippen LogP contribution in [0.15, 0.2) is 0 Å². The number of nitrogens with one attached hydrogen (secondary N) is 1. The maximum Gasteiger partial charge on any atom is 0.322 e. The first kappa shape index (κ1) is 10.4. The van der Waals surface area contributed by atoms with Crippen molar-refractivity contribution in [2.45, 2.75) is 25.8 Å². The van der Waals surface area contributed by atoms with Gasteiger partial charge in [0.2, 0.25) is 11.2 Å². The summed E-state index contributed by atoms with van der Waals surface area (Å²) in [5.41, 5.74) is 0. The second-order valence-corrected chi connectivity index (χ2v) is 4.17. The average molecular weight is 229 g/mol. The van der Waals surface area contributed by atoms with Crippen LogP contribution in [0.4, 0.5) is 5.95 Å². The van der Waals surface area contributed by atoms with Crippen LogP contribution in [0.5, 0.6) is 6.01 Å². The average Bonchev–Trinajstić information content (AvgIpc) is 2.14. The Bertz CT molecular complexity index is 354. The van der Waals surface area contributed by atoms with Crippen molar-refractivity contribution in [3.63, 3.8) is 0 Å². The molecule has 82 valence electrons. The smallest absolute Gasteiger partial charge is 0.322 e. The predicted octanol–water partition coefficient (Wildman–Crippen LogP) is 1.74. The number of aromatic nitrogens is 3. The molecule has 0 amide bonds. The number of hydrogen-bond acceptors (Lipinski definition) is 5. The number of hydrogen-bond donors (Lipinski definition) is 1. The molecule has 1 N–H and O–H groups in total. The van der Waals surface area contributed by atoms with Crippen LogP contribution in [0.2, 0.25) is 5.28 Å². The molecule has 0 spiro atoms. The Hall–Kier alpha value is -1.10. The third-order valence-electron chi connectivity index (χ3n) is 2.48. The van der Waals surface area contributed by atoms with Gasteiger partial charge in [0.25, 0.3) is 0 Å². The standard InChI is InChI=1S/C9H13ClN4O/c1-5-3-6(4-5)11-8-12-7(10)13-9(14-8)15-2/h5-6H,3-4H2,1-2H3,(H,11,12,13,14). The number of nitrogens with zero attached hydrogens (tertiary/aromatic N) is 3. The van der Waals surface area contributed by atoms with Gasteiger partial charge in [0.15, 0.2) is 0 Å². The van der Waals surface area contributed by atoms with E-state index in [2.05, 4.69) is 27.2 Å². The van der Waals surface area contributed by atoms with Gasteiger partial charge >= 0.3 is 6.01 Å². The van der Waals surface area contributed by atoms with Gasteiger partial charge in [-0.05, 0) is 30.4 Å². The summed E-state index contributed by atoms with van der Waals surface area (Å²) < 4.78 is 4.90. The van der Waals surface area contributed by atoms with Gasteiger partial charge in [0.05, 0.1) is 7.11 Å². The van der Waals surface area contributed by atoms with Crippen LogP contribution in [0, 0.1) is 5.92 Å². The summed E-state index contributed by atoms with van der Waals surface area (Å²) >= 11 is 5.72. The lowest BCUT2D eigenvalue weighted by molar-refractivity contribution is 0.307. The highest BCUT2D eigenvalue weighted by Gasteiger charge is 2.25. The zero-order valence-corrected chi connectivity index (χ0v) is 9.45. The molecule has 1 saturated carbocycles. The Morgan fingerprint density at radius 1 is 1.33 bits per heavy atom. The van der Waals surface area contributed by atoms with E-state index >= 15 is 0 Å². The van der Waals surface area contributed by atoms with Crippen LogP contribution < -0.4 is 10.1 Å². The van der Waals surface area contributed by atoms with Crippen LogP contribution in [0.1, 0.15) is 19.8 Å². The molecule has 0 unspecified atom stereocenters. The lowest BCUT2D eigenvalue weighted by atomic mass is 9.82. The van der Waals surface area contributed by atoms with Crippen molar-refractivity contribution in [3.05, 3.63) is 5.28 Å². The molecule has 1 aliphatic carbocycles. The number of halogens is 1. The SMILES string of the molecule is COc1nc(Cl)nc(NC2CC(C)C2)n1. The number of ether oxygens (including phenoxy) is 1. The maximum atomic E-state index is 5.72. The molecule has 0 aliphatic heterocycles. The first-order valence-electron chi connectivity index (χ1n) is 4.89. The van der Waals surface area contributed by atoms with E-state index in [4.69, 9.17) is 16.3 Å². The van der Waals surface area contributed by atoms with Crippen molar-refractivity contribution in [1.29, 1.82) is 0 Å². The fraction of sp³-hybridized carbons (Fsp3) is 0.667. The van der Waals surface area contributed by atoms with E-state index in [0.29, 0.717) is 12.0 Å².